The highest BCUT2D eigenvalue weighted by Crippen LogP contribution is 2.32. The first-order valence-corrected chi connectivity index (χ1v) is 13.2. The van der Waals surface area contributed by atoms with E-state index >= 15 is 0 Å². The second kappa shape index (κ2) is 10.2. The van der Waals surface area contributed by atoms with Crippen LogP contribution in [0.5, 0.6) is 0 Å². The Hall–Kier alpha value is -3.91. The Morgan fingerprint density at radius 1 is 0.595 bits per heavy atom. The zero-order chi connectivity index (χ0) is 26.1. The topological polar surface area (TPSA) is 8.81 Å². The third kappa shape index (κ3) is 5.15. The number of imidazole rings is 1. The first-order valence-electron chi connectivity index (χ1n) is 13.2. The van der Waals surface area contributed by atoms with Gasteiger partial charge in [-0.15, -0.1) is 0 Å². The minimum atomic E-state index is 0.208. The standard InChI is InChI=1S/C35H37N2/c1-24-17-25(2)20-30(19-24)34-13-9-7-11-32(34)28(5)36-15-16-37(23-36)29(6)33-12-8-10-14-35(33)31-21-26(3)18-27(4)22-31/h7-23,28-29H,1-6H3/q+1/t28-,29-/m1/s1. The molecule has 2 heteroatoms. The largest absolute Gasteiger partial charge is 0.244 e. The second-order valence-electron chi connectivity index (χ2n) is 10.6. The molecular formula is C35H37N2+. The summed E-state index contributed by atoms with van der Waals surface area (Å²) in [5.41, 5.74) is 13.0. The maximum Gasteiger partial charge on any atom is 0.244 e. The molecule has 186 valence electrons. The van der Waals surface area contributed by atoms with Crippen molar-refractivity contribution in [2.75, 3.05) is 0 Å². The highest BCUT2D eigenvalue weighted by Gasteiger charge is 2.22. The van der Waals surface area contributed by atoms with Crippen molar-refractivity contribution in [3.63, 3.8) is 0 Å². The van der Waals surface area contributed by atoms with Gasteiger partial charge in [0, 0.05) is 11.1 Å². The van der Waals surface area contributed by atoms with E-state index in [1.165, 1.54) is 55.6 Å². The fourth-order valence-electron chi connectivity index (χ4n) is 5.67. The highest BCUT2D eigenvalue weighted by atomic mass is 15.1. The Morgan fingerprint density at radius 3 is 1.59 bits per heavy atom. The summed E-state index contributed by atoms with van der Waals surface area (Å²) in [6.07, 6.45) is 6.67. The predicted molar refractivity (Wildman–Crippen MR) is 155 cm³/mol. The summed E-state index contributed by atoms with van der Waals surface area (Å²) in [6.45, 7) is 13.3. The summed E-state index contributed by atoms with van der Waals surface area (Å²) >= 11 is 0. The summed E-state index contributed by atoms with van der Waals surface area (Å²) in [4.78, 5) is 0. The van der Waals surface area contributed by atoms with E-state index in [4.69, 9.17) is 0 Å². The molecule has 0 saturated carbocycles. The highest BCUT2D eigenvalue weighted by molar-refractivity contribution is 5.70. The molecule has 0 aliphatic heterocycles. The zero-order valence-electron chi connectivity index (χ0n) is 22.9. The molecule has 2 atom stereocenters. The van der Waals surface area contributed by atoms with Crippen molar-refractivity contribution < 1.29 is 4.57 Å². The number of hydrogen-bond donors (Lipinski definition) is 0. The molecule has 0 radical (unpaired) electrons. The van der Waals surface area contributed by atoms with Crippen LogP contribution in [0, 0.1) is 27.7 Å². The smallest absolute Gasteiger partial charge is 0.230 e. The molecule has 0 spiro atoms. The van der Waals surface area contributed by atoms with Gasteiger partial charge in [0.2, 0.25) is 6.33 Å². The van der Waals surface area contributed by atoms with Crippen LogP contribution >= 0.6 is 0 Å². The Bertz CT molecular complexity index is 1400. The van der Waals surface area contributed by atoms with Gasteiger partial charge in [0.1, 0.15) is 24.5 Å². The van der Waals surface area contributed by atoms with Crippen LogP contribution < -0.4 is 4.57 Å². The van der Waals surface area contributed by atoms with Gasteiger partial charge in [-0.3, -0.25) is 0 Å². The van der Waals surface area contributed by atoms with Gasteiger partial charge in [0.25, 0.3) is 0 Å². The Labute approximate surface area is 221 Å². The van der Waals surface area contributed by atoms with E-state index in [0.29, 0.717) is 0 Å². The van der Waals surface area contributed by atoms with Gasteiger partial charge in [-0.25, -0.2) is 9.13 Å². The molecule has 0 unspecified atom stereocenters. The minimum absolute atomic E-state index is 0.208. The lowest BCUT2D eigenvalue weighted by Gasteiger charge is -2.16. The summed E-state index contributed by atoms with van der Waals surface area (Å²) in [5.74, 6) is 0. The maximum absolute atomic E-state index is 2.33. The van der Waals surface area contributed by atoms with Gasteiger partial charge < -0.3 is 0 Å². The van der Waals surface area contributed by atoms with E-state index in [2.05, 4.69) is 154 Å². The fraction of sp³-hybridized carbons (Fsp3) is 0.229. The molecule has 0 amide bonds. The van der Waals surface area contributed by atoms with Crippen molar-refractivity contribution in [1.82, 2.24) is 4.57 Å². The van der Waals surface area contributed by atoms with E-state index in [1.54, 1.807) is 0 Å². The van der Waals surface area contributed by atoms with Crippen LogP contribution in [0.4, 0.5) is 0 Å². The molecule has 0 bridgehead atoms. The Kier molecular flexibility index (Phi) is 6.84. The van der Waals surface area contributed by atoms with E-state index in [1.807, 2.05) is 0 Å². The van der Waals surface area contributed by atoms with Gasteiger partial charge in [0.05, 0.1) is 0 Å². The van der Waals surface area contributed by atoms with E-state index in [9.17, 15) is 0 Å². The molecule has 0 aliphatic rings. The van der Waals surface area contributed by atoms with Crippen molar-refractivity contribution in [2.45, 2.75) is 53.6 Å². The Balaban J connectivity index is 1.49. The zero-order valence-corrected chi connectivity index (χ0v) is 22.9. The SMILES string of the molecule is Cc1cc(C)cc(-c2ccccc2[C@@H](C)n2cc[n+]([C@H](C)c3ccccc3-c3cc(C)cc(C)c3)c2)c1. The lowest BCUT2D eigenvalue weighted by atomic mass is 9.93. The number of benzene rings is 4. The molecule has 0 fully saturated rings. The van der Waals surface area contributed by atoms with E-state index in [-0.39, 0.29) is 12.1 Å². The normalized spacial score (nSPS) is 12.9. The molecule has 0 aliphatic carbocycles. The predicted octanol–water partition coefficient (Wildman–Crippen LogP) is 8.56. The van der Waals surface area contributed by atoms with Crippen LogP contribution in [-0.2, 0) is 0 Å². The minimum Gasteiger partial charge on any atom is -0.230 e. The number of nitrogens with zero attached hydrogens (tertiary/aromatic N) is 2. The number of rotatable bonds is 6. The van der Waals surface area contributed by atoms with Gasteiger partial charge in [-0.1, -0.05) is 107 Å². The average molecular weight is 486 g/mol. The number of aromatic nitrogens is 2. The van der Waals surface area contributed by atoms with Gasteiger partial charge >= 0.3 is 0 Å². The van der Waals surface area contributed by atoms with E-state index < -0.39 is 0 Å². The lowest BCUT2D eigenvalue weighted by Crippen LogP contribution is -2.36. The molecule has 5 rings (SSSR count). The summed E-state index contributed by atoms with van der Waals surface area (Å²) in [7, 11) is 0. The second-order valence-corrected chi connectivity index (χ2v) is 10.6. The monoisotopic (exact) mass is 485 g/mol. The van der Waals surface area contributed by atoms with Gasteiger partial charge in [-0.05, 0) is 63.8 Å². The third-order valence-electron chi connectivity index (χ3n) is 7.46. The van der Waals surface area contributed by atoms with Crippen LogP contribution in [0.1, 0.15) is 59.3 Å². The van der Waals surface area contributed by atoms with Crippen molar-refractivity contribution in [3.05, 3.63) is 137 Å². The van der Waals surface area contributed by atoms with E-state index in [0.717, 1.165) is 0 Å². The molecule has 37 heavy (non-hydrogen) atoms. The molecule has 0 saturated heterocycles. The van der Waals surface area contributed by atoms with Crippen LogP contribution in [0.2, 0.25) is 0 Å². The molecule has 1 aromatic heterocycles. The molecule has 1 heterocycles. The fourth-order valence-corrected chi connectivity index (χ4v) is 5.67. The van der Waals surface area contributed by atoms with Crippen molar-refractivity contribution in [3.8, 4) is 22.3 Å². The van der Waals surface area contributed by atoms with Crippen LogP contribution in [0.15, 0.2) is 104 Å². The van der Waals surface area contributed by atoms with Gasteiger partial charge in [-0.2, -0.15) is 0 Å². The summed E-state index contributed by atoms with van der Waals surface area (Å²) < 4.78 is 4.66. The van der Waals surface area contributed by atoms with Crippen LogP contribution in [0.3, 0.4) is 0 Å². The van der Waals surface area contributed by atoms with Crippen molar-refractivity contribution >= 4 is 0 Å². The average Bonchev–Trinajstić information content (AvgIpc) is 3.37. The third-order valence-corrected chi connectivity index (χ3v) is 7.46. The van der Waals surface area contributed by atoms with Crippen molar-refractivity contribution in [2.24, 2.45) is 0 Å². The first-order chi connectivity index (χ1) is 17.8. The lowest BCUT2D eigenvalue weighted by molar-refractivity contribution is -0.709. The van der Waals surface area contributed by atoms with Crippen LogP contribution in [-0.4, -0.2) is 4.57 Å². The molecule has 2 nitrogen and oxygen atoms in total. The van der Waals surface area contributed by atoms with Crippen molar-refractivity contribution in [1.29, 1.82) is 0 Å². The quantitative estimate of drug-likeness (QED) is 0.213. The number of hydrogen-bond acceptors (Lipinski definition) is 0. The summed E-state index contributed by atoms with van der Waals surface area (Å²) in [5, 5.41) is 0. The molecule has 5 aromatic rings. The Morgan fingerprint density at radius 2 is 1.05 bits per heavy atom. The van der Waals surface area contributed by atoms with Gasteiger partial charge in [0.15, 0.2) is 0 Å². The van der Waals surface area contributed by atoms with Crippen LogP contribution in [0.25, 0.3) is 22.3 Å². The number of aryl methyl sites for hydroxylation is 4. The molecular weight excluding hydrogens is 448 g/mol. The summed E-state index contributed by atoms with van der Waals surface area (Å²) in [6, 6.07) is 31.7. The first kappa shape index (κ1) is 24.8. The maximum atomic E-state index is 2.33. The molecule has 4 aromatic carbocycles. The molecule has 0 N–H and O–H groups in total.